The number of nitrogens with one attached hydrogen (secondary N) is 1. The molecule has 0 aromatic heterocycles. The summed E-state index contributed by atoms with van der Waals surface area (Å²) in [5, 5.41) is 3.05. The van der Waals surface area contributed by atoms with Gasteiger partial charge in [-0.25, -0.2) is 4.39 Å². The highest BCUT2D eigenvalue weighted by Gasteiger charge is 2.36. The van der Waals surface area contributed by atoms with Crippen molar-refractivity contribution in [2.24, 2.45) is 0 Å². The van der Waals surface area contributed by atoms with Crippen LogP contribution in [-0.4, -0.2) is 19.1 Å². The highest BCUT2D eigenvalue weighted by Crippen LogP contribution is 2.44. The monoisotopic (exact) mass is 292 g/mol. The summed E-state index contributed by atoms with van der Waals surface area (Å²) >= 11 is 0. The Morgan fingerprint density at radius 2 is 2.10 bits per heavy atom. The maximum Gasteiger partial charge on any atom is 0.129 e. The summed E-state index contributed by atoms with van der Waals surface area (Å²) in [6.07, 6.45) is 3.43. The highest BCUT2D eigenvalue weighted by molar-refractivity contribution is 5.61. The zero-order valence-corrected chi connectivity index (χ0v) is 14.1. The van der Waals surface area contributed by atoms with E-state index in [9.17, 15) is 4.39 Å². The third-order valence-electron chi connectivity index (χ3n) is 4.66. The maximum absolute atomic E-state index is 14.4. The Morgan fingerprint density at radius 1 is 1.38 bits per heavy atom. The first-order valence-electron chi connectivity index (χ1n) is 8.15. The molecule has 1 aliphatic rings. The van der Waals surface area contributed by atoms with E-state index in [0.717, 1.165) is 37.1 Å². The molecule has 0 spiro atoms. The lowest BCUT2D eigenvalue weighted by atomic mass is 9.79. The van der Waals surface area contributed by atoms with E-state index >= 15 is 0 Å². The molecule has 0 bridgehead atoms. The minimum Gasteiger partial charge on any atom is -0.366 e. The van der Waals surface area contributed by atoms with E-state index in [0.29, 0.717) is 12.5 Å². The molecule has 1 aliphatic heterocycles. The van der Waals surface area contributed by atoms with Gasteiger partial charge in [-0.1, -0.05) is 20.3 Å². The summed E-state index contributed by atoms with van der Waals surface area (Å²) in [7, 11) is 1.86. The van der Waals surface area contributed by atoms with E-state index in [1.807, 2.05) is 7.05 Å². The molecule has 1 N–H and O–H groups in total. The molecule has 1 aromatic rings. The SMILES string of the molecule is CCCCN1c2cc(F)c(CNC)cc2[C@H](C)CC1(C)C. The Hall–Kier alpha value is -1.09. The van der Waals surface area contributed by atoms with Crippen molar-refractivity contribution in [1.82, 2.24) is 5.32 Å². The van der Waals surface area contributed by atoms with Crippen molar-refractivity contribution >= 4 is 5.69 Å². The smallest absolute Gasteiger partial charge is 0.129 e. The molecule has 21 heavy (non-hydrogen) atoms. The highest BCUT2D eigenvalue weighted by atomic mass is 19.1. The number of hydrogen-bond donors (Lipinski definition) is 1. The Balaban J connectivity index is 2.46. The minimum atomic E-state index is -0.0884. The van der Waals surface area contributed by atoms with E-state index in [1.165, 1.54) is 5.56 Å². The summed E-state index contributed by atoms with van der Waals surface area (Å²) in [4.78, 5) is 2.41. The van der Waals surface area contributed by atoms with E-state index in [-0.39, 0.29) is 11.4 Å². The van der Waals surface area contributed by atoms with Crippen LogP contribution >= 0.6 is 0 Å². The van der Waals surface area contributed by atoms with Crippen LogP contribution < -0.4 is 10.2 Å². The van der Waals surface area contributed by atoms with Gasteiger partial charge in [0, 0.05) is 29.9 Å². The van der Waals surface area contributed by atoms with Gasteiger partial charge in [-0.15, -0.1) is 0 Å². The van der Waals surface area contributed by atoms with Crippen LogP contribution in [0.4, 0.5) is 10.1 Å². The molecule has 118 valence electrons. The first-order chi connectivity index (χ1) is 9.90. The van der Waals surface area contributed by atoms with Crippen molar-refractivity contribution in [2.45, 2.75) is 65.0 Å². The van der Waals surface area contributed by atoms with Crippen molar-refractivity contribution in [2.75, 3.05) is 18.5 Å². The van der Waals surface area contributed by atoms with Crippen LogP contribution in [0.5, 0.6) is 0 Å². The Bertz CT molecular complexity index is 496. The lowest BCUT2D eigenvalue weighted by Crippen LogP contribution is -2.48. The second kappa shape index (κ2) is 6.35. The number of halogens is 1. The van der Waals surface area contributed by atoms with E-state index < -0.39 is 0 Å². The molecule has 1 heterocycles. The number of fused-ring (bicyclic) bond motifs is 1. The van der Waals surface area contributed by atoms with E-state index in [2.05, 4.69) is 44.0 Å². The van der Waals surface area contributed by atoms with Crippen molar-refractivity contribution in [3.63, 3.8) is 0 Å². The molecular weight excluding hydrogens is 263 g/mol. The topological polar surface area (TPSA) is 15.3 Å². The van der Waals surface area contributed by atoms with Gasteiger partial charge in [-0.3, -0.25) is 0 Å². The van der Waals surface area contributed by atoms with Gasteiger partial charge in [-0.05, 0) is 57.4 Å². The molecule has 2 rings (SSSR count). The van der Waals surface area contributed by atoms with Crippen LogP contribution in [0.25, 0.3) is 0 Å². The van der Waals surface area contributed by atoms with Crippen LogP contribution in [-0.2, 0) is 6.54 Å². The van der Waals surface area contributed by atoms with Crippen molar-refractivity contribution in [3.8, 4) is 0 Å². The van der Waals surface area contributed by atoms with Gasteiger partial charge < -0.3 is 10.2 Å². The van der Waals surface area contributed by atoms with Gasteiger partial charge in [0.1, 0.15) is 5.82 Å². The molecule has 1 atom stereocenters. The number of benzene rings is 1. The first-order valence-corrected chi connectivity index (χ1v) is 8.15. The minimum absolute atomic E-state index is 0.0884. The molecule has 0 amide bonds. The molecule has 0 fully saturated rings. The molecule has 0 aliphatic carbocycles. The zero-order valence-electron chi connectivity index (χ0n) is 14.1. The fourth-order valence-corrected chi connectivity index (χ4v) is 3.62. The number of unbranched alkanes of at least 4 members (excludes halogenated alkanes) is 1. The molecular formula is C18H29FN2. The van der Waals surface area contributed by atoms with Gasteiger partial charge >= 0.3 is 0 Å². The largest absolute Gasteiger partial charge is 0.366 e. The van der Waals surface area contributed by atoms with Crippen molar-refractivity contribution in [3.05, 3.63) is 29.1 Å². The van der Waals surface area contributed by atoms with Gasteiger partial charge in [0.05, 0.1) is 0 Å². The third kappa shape index (κ3) is 3.23. The van der Waals surface area contributed by atoms with Crippen LogP contribution in [0.2, 0.25) is 0 Å². The second-order valence-corrected chi connectivity index (χ2v) is 6.96. The lowest BCUT2D eigenvalue weighted by molar-refractivity contribution is 0.372. The van der Waals surface area contributed by atoms with Crippen molar-refractivity contribution in [1.29, 1.82) is 0 Å². The summed E-state index contributed by atoms with van der Waals surface area (Å²) in [6, 6.07) is 3.83. The molecule has 3 heteroatoms. The van der Waals surface area contributed by atoms with E-state index in [1.54, 1.807) is 6.07 Å². The fraction of sp³-hybridized carbons (Fsp3) is 0.667. The summed E-state index contributed by atoms with van der Waals surface area (Å²) < 4.78 is 14.4. The number of nitrogens with zero attached hydrogens (tertiary/aromatic N) is 1. The number of anilines is 1. The predicted octanol–water partition coefficient (Wildman–Crippen LogP) is 4.44. The average molecular weight is 292 g/mol. The van der Waals surface area contributed by atoms with Gasteiger partial charge in [0.15, 0.2) is 0 Å². The quantitative estimate of drug-likeness (QED) is 0.863. The van der Waals surface area contributed by atoms with E-state index in [4.69, 9.17) is 0 Å². The van der Waals surface area contributed by atoms with Crippen LogP contribution in [0, 0.1) is 5.82 Å². The number of rotatable bonds is 5. The molecule has 0 unspecified atom stereocenters. The first kappa shape index (κ1) is 16.3. The normalized spacial score (nSPS) is 20.5. The zero-order chi connectivity index (χ0) is 15.6. The molecule has 2 nitrogen and oxygen atoms in total. The molecule has 0 radical (unpaired) electrons. The Morgan fingerprint density at radius 3 is 2.71 bits per heavy atom. The van der Waals surface area contributed by atoms with Gasteiger partial charge in [0.2, 0.25) is 0 Å². The molecule has 0 saturated heterocycles. The number of hydrogen-bond acceptors (Lipinski definition) is 2. The van der Waals surface area contributed by atoms with Crippen LogP contribution in [0.3, 0.4) is 0 Å². The summed E-state index contributed by atoms with van der Waals surface area (Å²) in [5.74, 6) is 0.388. The third-order valence-corrected chi connectivity index (χ3v) is 4.66. The summed E-state index contributed by atoms with van der Waals surface area (Å²) in [5.41, 5.74) is 3.28. The lowest BCUT2D eigenvalue weighted by Gasteiger charge is -2.48. The van der Waals surface area contributed by atoms with Crippen LogP contribution in [0.15, 0.2) is 12.1 Å². The average Bonchev–Trinajstić information content (AvgIpc) is 2.40. The Labute approximate surface area is 128 Å². The summed E-state index contributed by atoms with van der Waals surface area (Å²) in [6.45, 7) is 10.6. The predicted molar refractivity (Wildman–Crippen MR) is 88.5 cm³/mol. The second-order valence-electron chi connectivity index (χ2n) is 6.96. The molecule has 0 saturated carbocycles. The maximum atomic E-state index is 14.4. The Kier molecular flexibility index (Phi) is 4.92. The molecule has 1 aromatic carbocycles. The van der Waals surface area contributed by atoms with Gasteiger partial charge in [-0.2, -0.15) is 0 Å². The van der Waals surface area contributed by atoms with Crippen molar-refractivity contribution < 1.29 is 4.39 Å². The standard InChI is InChI=1S/C18H29FN2/c1-6-7-8-21-17-10-16(19)14(12-20-5)9-15(17)13(2)11-18(21,3)4/h9-10,13,20H,6-8,11-12H2,1-5H3/t13-/m1/s1. The van der Waals surface area contributed by atoms with Gasteiger partial charge in [0.25, 0.3) is 0 Å². The fourth-order valence-electron chi connectivity index (χ4n) is 3.62. The van der Waals surface area contributed by atoms with Crippen LogP contribution in [0.1, 0.15) is 64.0 Å².